The van der Waals surface area contributed by atoms with E-state index in [0.717, 1.165) is 54.8 Å². The highest BCUT2D eigenvalue weighted by atomic mass is 16.5. The molecule has 0 spiro atoms. The van der Waals surface area contributed by atoms with E-state index in [-0.39, 0.29) is 0 Å². The first kappa shape index (κ1) is 30.6. The molecule has 0 fully saturated rings. The van der Waals surface area contributed by atoms with Crippen LogP contribution in [0.5, 0.6) is 0 Å². The summed E-state index contributed by atoms with van der Waals surface area (Å²) in [7, 11) is 7.67. The molecule has 1 aromatic carbocycles. The Morgan fingerprint density at radius 1 is 1.20 bits per heavy atom. The van der Waals surface area contributed by atoms with Crippen molar-refractivity contribution in [2.75, 3.05) is 62.6 Å². The van der Waals surface area contributed by atoms with Gasteiger partial charge in [-0.1, -0.05) is 41.5 Å². The predicted molar refractivity (Wildman–Crippen MR) is 170 cm³/mol. The number of hydrogen-bond donors (Lipinski definition) is 0. The number of carbonyl (C=O) groups is 1. The van der Waals surface area contributed by atoms with E-state index in [1.54, 1.807) is 13.4 Å². The van der Waals surface area contributed by atoms with E-state index in [9.17, 15) is 4.79 Å². The number of fused-ring (bicyclic) bond motifs is 1. The molecule has 1 aromatic heterocycles. The van der Waals surface area contributed by atoms with Crippen molar-refractivity contribution in [3.63, 3.8) is 0 Å². The molecular weight excluding hydrogens is 498 g/mol. The first-order chi connectivity index (χ1) is 19.3. The van der Waals surface area contributed by atoms with Crippen molar-refractivity contribution >= 4 is 35.5 Å². The molecule has 3 rings (SSSR count). The van der Waals surface area contributed by atoms with Gasteiger partial charge in [0, 0.05) is 58.8 Å². The highest BCUT2D eigenvalue weighted by Crippen LogP contribution is 2.39. The van der Waals surface area contributed by atoms with Crippen LogP contribution in [0.2, 0.25) is 0 Å². The quantitative estimate of drug-likeness (QED) is 0.0930. The average Bonchev–Trinajstić information content (AvgIpc) is 2.94. The Kier molecular flexibility index (Phi) is 11.5. The topological polar surface area (TPSA) is 61.3 Å². The van der Waals surface area contributed by atoms with Crippen LogP contribution in [0.1, 0.15) is 37.3 Å². The molecule has 0 aliphatic carbocycles. The summed E-state index contributed by atoms with van der Waals surface area (Å²) in [6.07, 6.45) is 13.5. The van der Waals surface area contributed by atoms with E-state index in [1.165, 1.54) is 16.7 Å². The Hall–Kier alpha value is -3.97. The van der Waals surface area contributed by atoms with Crippen molar-refractivity contribution in [2.24, 2.45) is 4.99 Å². The standard InChI is InChI=1S/C33H43N5O2/c1-8-9-11-27(20-26(3)23-40-7)12-10-19-38-21-28(22-39)32(31-30(36(4)5)17-18-34-33(31)38)35-24-37(6)29-15-13-25(2)14-16-29/h8,11,13-18,20,22,24H,1,9-10,12,19,21,23H2,2-7H3/b26-20-,27-11-,35-24?. The zero-order valence-electron chi connectivity index (χ0n) is 24.9. The lowest BCUT2D eigenvalue weighted by atomic mass is 9.99. The predicted octanol–water partition coefficient (Wildman–Crippen LogP) is 6.23. The molecule has 40 heavy (non-hydrogen) atoms. The highest BCUT2D eigenvalue weighted by Gasteiger charge is 2.28. The summed E-state index contributed by atoms with van der Waals surface area (Å²) in [5.41, 5.74) is 7.84. The maximum atomic E-state index is 12.4. The van der Waals surface area contributed by atoms with Gasteiger partial charge < -0.3 is 19.4 Å². The van der Waals surface area contributed by atoms with Gasteiger partial charge in [0.05, 0.1) is 29.9 Å². The molecule has 0 bridgehead atoms. The third-order valence-corrected chi connectivity index (χ3v) is 6.78. The number of aldehydes is 1. The molecule has 7 nitrogen and oxygen atoms in total. The second-order valence-electron chi connectivity index (χ2n) is 10.4. The van der Waals surface area contributed by atoms with Gasteiger partial charge in [0.25, 0.3) is 0 Å². The molecule has 0 unspecified atom stereocenters. The number of hydrogen-bond acceptors (Lipinski definition) is 6. The molecule has 1 aliphatic heterocycles. The fourth-order valence-electron chi connectivity index (χ4n) is 4.74. The normalized spacial score (nSPS) is 14.0. The van der Waals surface area contributed by atoms with Crippen LogP contribution in [0.4, 0.5) is 17.2 Å². The lowest BCUT2D eigenvalue weighted by molar-refractivity contribution is -0.104. The third kappa shape index (κ3) is 8.02. The van der Waals surface area contributed by atoms with Gasteiger partial charge in [0.2, 0.25) is 0 Å². The highest BCUT2D eigenvalue weighted by molar-refractivity contribution is 6.00. The van der Waals surface area contributed by atoms with Crippen molar-refractivity contribution in [3.05, 3.63) is 89.2 Å². The van der Waals surface area contributed by atoms with Gasteiger partial charge in [-0.25, -0.2) is 9.98 Å². The summed E-state index contributed by atoms with van der Waals surface area (Å²) in [5, 5.41) is 0. The monoisotopic (exact) mass is 541 g/mol. The fourth-order valence-corrected chi connectivity index (χ4v) is 4.74. The minimum atomic E-state index is 0.464. The Balaban J connectivity index is 1.90. The van der Waals surface area contributed by atoms with E-state index in [0.29, 0.717) is 24.4 Å². The second-order valence-corrected chi connectivity index (χ2v) is 10.4. The van der Waals surface area contributed by atoms with Crippen molar-refractivity contribution in [2.45, 2.75) is 33.1 Å². The van der Waals surface area contributed by atoms with Crippen LogP contribution >= 0.6 is 0 Å². The number of aryl methyl sites for hydroxylation is 1. The Morgan fingerprint density at radius 3 is 2.60 bits per heavy atom. The van der Waals surface area contributed by atoms with Crippen molar-refractivity contribution < 1.29 is 9.53 Å². The maximum absolute atomic E-state index is 12.4. The SMILES string of the molecule is C=CC/C=C(\C=C(\C)COC)CCCN1CC(C=O)=C(N=CN(C)c2ccc(C)cc2)c2c(N(C)C)ccnc21. The number of aliphatic imine (C=N–C) groups is 1. The molecule has 0 radical (unpaired) electrons. The average molecular weight is 542 g/mol. The van der Waals surface area contributed by atoms with Gasteiger partial charge in [-0.15, -0.1) is 6.58 Å². The molecule has 7 heteroatoms. The molecule has 2 heterocycles. The molecule has 0 saturated heterocycles. The summed E-state index contributed by atoms with van der Waals surface area (Å²) >= 11 is 0. The number of allylic oxidation sites excluding steroid dienone is 4. The summed E-state index contributed by atoms with van der Waals surface area (Å²) in [5.74, 6) is 0.852. The molecule has 0 saturated carbocycles. The van der Waals surface area contributed by atoms with Crippen LogP contribution in [0, 0.1) is 6.92 Å². The van der Waals surface area contributed by atoms with Crippen LogP contribution in [0.15, 0.2) is 83.0 Å². The van der Waals surface area contributed by atoms with Crippen molar-refractivity contribution in [3.8, 4) is 0 Å². The minimum Gasteiger partial charge on any atom is -0.380 e. The number of pyridine rings is 1. The summed E-state index contributed by atoms with van der Waals surface area (Å²) in [6.45, 7) is 9.84. The zero-order chi connectivity index (χ0) is 29.1. The Morgan fingerprint density at radius 2 is 1.95 bits per heavy atom. The lowest BCUT2D eigenvalue weighted by Gasteiger charge is -2.33. The number of nitrogens with zero attached hydrogens (tertiary/aromatic N) is 5. The number of benzene rings is 1. The molecule has 1 aliphatic rings. The van der Waals surface area contributed by atoms with E-state index in [1.807, 2.05) is 49.3 Å². The number of rotatable bonds is 14. The van der Waals surface area contributed by atoms with Gasteiger partial charge >= 0.3 is 0 Å². The number of aromatic nitrogens is 1. The number of ether oxygens (including phenoxy) is 1. The Labute approximate surface area is 239 Å². The van der Waals surface area contributed by atoms with Gasteiger partial charge in [-0.3, -0.25) is 4.79 Å². The first-order valence-corrected chi connectivity index (χ1v) is 13.7. The zero-order valence-corrected chi connectivity index (χ0v) is 24.9. The number of carbonyl (C=O) groups excluding carboxylic acids is 1. The molecule has 212 valence electrons. The van der Waals surface area contributed by atoms with Crippen LogP contribution in [0.3, 0.4) is 0 Å². The van der Waals surface area contributed by atoms with E-state index in [2.05, 4.69) is 61.7 Å². The summed E-state index contributed by atoms with van der Waals surface area (Å²) in [6, 6.07) is 10.2. The van der Waals surface area contributed by atoms with Gasteiger partial charge in [-0.05, 0) is 56.9 Å². The lowest BCUT2D eigenvalue weighted by Crippen LogP contribution is -2.33. The second kappa shape index (κ2) is 15.0. The van der Waals surface area contributed by atoms with Crippen LogP contribution < -0.4 is 14.7 Å². The molecule has 0 atom stereocenters. The van der Waals surface area contributed by atoms with Crippen LogP contribution in [-0.4, -0.2) is 65.6 Å². The number of anilines is 3. The van der Waals surface area contributed by atoms with E-state index < -0.39 is 0 Å². The molecular formula is C33H43N5O2. The minimum absolute atomic E-state index is 0.464. The summed E-state index contributed by atoms with van der Waals surface area (Å²) < 4.78 is 5.29. The van der Waals surface area contributed by atoms with Crippen molar-refractivity contribution in [1.82, 2.24) is 4.98 Å². The largest absolute Gasteiger partial charge is 0.380 e. The van der Waals surface area contributed by atoms with Gasteiger partial charge in [0.15, 0.2) is 0 Å². The van der Waals surface area contributed by atoms with Gasteiger partial charge in [-0.2, -0.15) is 0 Å². The fraction of sp³-hybridized carbons (Fsp3) is 0.364. The van der Waals surface area contributed by atoms with Crippen LogP contribution in [0.25, 0.3) is 5.70 Å². The van der Waals surface area contributed by atoms with Gasteiger partial charge in [0.1, 0.15) is 12.1 Å². The van der Waals surface area contributed by atoms with E-state index >= 15 is 0 Å². The van der Waals surface area contributed by atoms with E-state index in [4.69, 9.17) is 14.7 Å². The number of methoxy groups -OCH3 is 1. The molecule has 0 N–H and O–H groups in total. The van der Waals surface area contributed by atoms with Crippen LogP contribution in [-0.2, 0) is 9.53 Å². The van der Waals surface area contributed by atoms with Crippen molar-refractivity contribution in [1.29, 1.82) is 0 Å². The molecule has 0 amide bonds. The first-order valence-electron chi connectivity index (χ1n) is 13.7. The summed E-state index contributed by atoms with van der Waals surface area (Å²) in [4.78, 5) is 28.3. The third-order valence-electron chi connectivity index (χ3n) is 6.78. The molecule has 2 aromatic rings. The Bertz CT molecular complexity index is 1290. The smallest absolute Gasteiger partial charge is 0.150 e. The maximum Gasteiger partial charge on any atom is 0.150 e.